The Kier molecular flexibility index (Phi) is 3.85. The number of carboxylic acids is 1. The summed E-state index contributed by atoms with van der Waals surface area (Å²) in [4.78, 5) is 10.9. The first-order valence-electron chi connectivity index (χ1n) is 6.21. The minimum Gasteiger partial charge on any atom is -0.478 e. The molecule has 0 fully saturated rings. The second-order valence-corrected chi connectivity index (χ2v) is 4.38. The van der Waals surface area contributed by atoms with E-state index in [2.05, 4.69) is 6.92 Å². The molecule has 0 saturated carbocycles. The van der Waals surface area contributed by atoms with Gasteiger partial charge in [0.15, 0.2) is 0 Å². The third-order valence-corrected chi connectivity index (χ3v) is 2.98. The minimum atomic E-state index is -0.929. The molecule has 19 heavy (non-hydrogen) atoms. The van der Waals surface area contributed by atoms with Gasteiger partial charge < -0.3 is 9.84 Å². The fourth-order valence-corrected chi connectivity index (χ4v) is 1.82. The minimum absolute atomic E-state index is 0.270. The highest BCUT2D eigenvalue weighted by atomic mass is 16.5. The summed E-state index contributed by atoms with van der Waals surface area (Å²) in [5.41, 5.74) is 2.33. The van der Waals surface area contributed by atoms with Gasteiger partial charge in [-0.1, -0.05) is 19.1 Å². The maximum Gasteiger partial charge on any atom is 0.335 e. The van der Waals surface area contributed by atoms with Gasteiger partial charge in [-0.05, 0) is 54.8 Å². The number of aryl methyl sites for hydroxylation is 2. The molecule has 3 nitrogen and oxygen atoms in total. The predicted octanol–water partition coefficient (Wildman–Crippen LogP) is 4.05. The third kappa shape index (κ3) is 3.13. The Morgan fingerprint density at radius 1 is 1.16 bits per heavy atom. The molecule has 0 aromatic heterocycles. The van der Waals surface area contributed by atoms with Crippen molar-refractivity contribution in [3.05, 3.63) is 59.2 Å². The zero-order valence-electron chi connectivity index (χ0n) is 11.0. The first-order chi connectivity index (χ1) is 9.10. The summed E-state index contributed by atoms with van der Waals surface area (Å²) >= 11 is 0. The van der Waals surface area contributed by atoms with Crippen LogP contribution in [0.15, 0.2) is 42.5 Å². The smallest absolute Gasteiger partial charge is 0.335 e. The van der Waals surface area contributed by atoms with Crippen molar-refractivity contribution in [3.8, 4) is 11.5 Å². The van der Waals surface area contributed by atoms with E-state index < -0.39 is 5.97 Å². The van der Waals surface area contributed by atoms with Crippen molar-refractivity contribution in [1.29, 1.82) is 0 Å². The Labute approximate surface area is 112 Å². The number of benzene rings is 2. The highest BCUT2D eigenvalue weighted by Crippen LogP contribution is 2.26. The molecule has 2 rings (SSSR count). The molecule has 0 aliphatic rings. The molecular formula is C16H16O3. The molecule has 0 aliphatic heterocycles. The van der Waals surface area contributed by atoms with E-state index in [4.69, 9.17) is 9.84 Å². The van der Waals surface area contributed by atoms with Crippen LogP contribution in [0.2, 0.25) is 0 Å². The lowest BCUT2D eigenvalue weighted by atomic mass is 10.1. The van der Waals surface area contributed by atoms with E-state index in [0.29, 0.717) is 5.75 Å². The molecule has 2 aromatic carbocycles. The Morgan fingerprint density at radius 3 is 2.37 bits per heavy atom. The van der Waals surface area contributed by atoms with E-state index in [-0.39, 0.29) is 5.56 Å². The van der Waals surface area contributed by atoms with Gasteiger partial charge in [0.05, 0.1) is 5.56 Å². The van der Waals surface area contributed by atoms with E-state index in [1.54, 1.807) is 18.2 Å². The topological polar surface area (TPSA) is 46.5 Å². The summed E-state index contributed by atoms with van der Waals surface area (Å²) < 4.78 is 5.75. The van der Waals surface area contributed by atoms with Crippen molar-refractivity contribution < 1.29 is 14.6 Å². The van der Waals surface area contributed by atoms with Crippen LogP contribution in [0.25, 0.3) is 0 Å². The maximum absolute atomic E-state index is 10.9. The van der Waals surface area contributed by atoms with Crippen molar-refractivity contribution in [1.82, 2.24) is 0 Å². The van der Waals surface area contributed by atoms with Crippen LogP contribution >= 0.6 is 0 Å². The van der Waals surface area contributed by atoms with E-state index in [1.807, 2.05) is 31.2 Å². The maximum atomic E-state index is 10.9. The summed E-state index contributed by atoms with van der Waals surface area (Å²) in [5, 5.41) is 8.91. The van der Waals surface area contributed by atoms with E-state index in [0.717, 1.165) is 17.7 Å². The van der Waals surface area contributed by atoms with Crippen LogP contribution < -0.4 is 4.74 Å². The van der Waals surface area contributed by atoms with Crippen LogP contribution in [0.4, 0.5) is 0 Å². The van der Waals surface area contributed by atoms with Crippen molar-refractivity contribution in [2.24, 2.45) is 0 Å². The van der Waals surface area contributed by atoms with Gasteiger partial charge in [0.2, 0.25) is 0 Å². The van der Waals surface area contributed by atoms with Gasteiger partial charge in [-0.3, -0.25) is 0 Å². The monoisotopic (exact) mass is 256 g/mol. The second-order valence-electron chi connectivity index (χ2n) is 4.38. The Hall–Kier alpha value is -2.29. The molecule has 2 aromatic rings. The third-order valence-electron chi connectivity index (χ3n) is 2.98. The summed E-state index contributed by atoms with van der Waals surface area (Å²) in [5.74, 6) is 0.500. The number of ether oxygens (including phenoxy) is 1. The lowest BCUT2D eigenvalue weighted by Gasteiger charge is -2.09. The molecule has 0 unspecified atom stereocenters. The summed E-state index contributed by atoms with van der Waals surface area (Å²) in [6.45, 7) is 3.94. The van der Waals surface area contributed by atoms with Gasteiger partial charge in [0, 0.05) is 0 Å². The standard InChI is InChI=1S/C16H16O3/c1-3-12-4-7-14(8-5-12)19-15-9-6-13(16(17)18)10-11(15)2/h4-10H,3H2,1-2H3,(H,17,18). The molecule has 0 heterocycles. The quantitative estimate of drug-likeness (QED) is 0.897. The van der Waals surface area contributed by atoms with Crippen LogP contribution in [0.3, 0.4) is 0 Å². The molecule has 1 N–H and O–H groups in total. The molecule has 98 valence electrons. The number of aromatic carboxylic acids is 1. The predicted molar refractivity (Wildman–Crippen MR) is 74.0 cm³/mol. The molecule has 0 atom stereocenters. The van der Waals surface area contributed by atoms with Crippen molar-refractivity contribution in [2.75, 3.05) is 0 Å². The zero-order valence-corrected chi connectivity index (χ0v) is 11.0. The van der Waals surface area contributed by atoms with Gasteiger partial charge in [-0.2, -0.15) is 0 Å². The largest absolute Gasteiger partial charge is 0.478 e. The Morgan fingerprint density at radius 2 is 1.84 bits per heavy atom. The van der Waals surface area contributed by atoms with E-state index in [1.165, 1.54) is 5.56 Å². The summed E-state index contributed by atoms with van der Waals surface area (Å²) in [7, 11) is 0. The van der Waals surface area contributed by atoms with Crippen molar-refractivity contribution >= 4 is 5.97 Å². The van der Waals surface area contributed by atoms with E-state index in [9.17, 15) is 4.79 Å². The molecule has 0 amide bonds. The van der Waals surface area contributed by atoms with Crippen molar-refractivity contribution in [2.45, 2.75) is 20.3 Å². The molecule has 0 aliphatic carbocycles. The van der Waals surface area contributed by atoms with E-state index >= 15 is 0 Å². The van der Waals surface area contributed by atoms with Gasteiger partial charge in [0.25, 0.3) is 0 Å². The first kappa shape index (κ1) is 13.1. The molecule has 0 radical (unpaired) electrons. The number of carboxylic acid groups (broad SMARTS) is 1. The fourth-order valence-electron chi connectivity index (χ4n) is 1.82. The van der Waals surface area contributed by atoms with Crippen LogP contribution in [-0.4, -0.2) is 11.1 Å². The second kappa shape index (κ2) is 5.57. The lowest BCUT2D eigenvalue weighted by Crippen LogP contribution is -1.97. The van der Waals surface area contributed by atoms with Crippen LogP contribution in [0.5, 0.6) is 11.5 Å². The lowest BCUT2D eigenvalue weighted by molar-refractivity contribution is 0.0697. The zero-order chi connectivity index (χ0) is 13.8. The summed E-state index contributed by atoms with van der Waals surface area (Å²) in [6.07, 6.45) is 0.993. The number of hydrogen-bond acceptors (Lipinski definition) is 2. The fraction of sp³-hybridized carbons (Fsp3) is 0.188. The normalized spacial score (nSPS) is 10.2. The molecule has 0 spiro atoms. The van der Waals surface area contributed by atoms with Gasteiger partial charge in [-0.25, -0.2) is 4.79 Å². The Balaban J connectivity index is 2.20. The van der Waals surface area contributed by atoms with Crippen LogP contribution in [0, 0.1) is 6.92 Å². The molecule has 3 heteroatoms. The first-order valence-corrected chi connectivity index (χ1v) is 6.21. The Bertz CT molecular complexity index is 585. The van der Waals surface area contributed by atoms with Crippen LogP contribution in [-0.2, 0) is 6.42 Å². The number of hydrogen-bond donors (Lipinski definition) is 1. The highest BCUT2D eigenvalue weighted by molar-refractivity contribution is 5.88. The number of carbonyl (C=O) groups is 1. The average Bonchev–Trinajstić information content (AvgIpc) is 2.41. The van der Waals surface area contributed by atoms with Crippen LogP contribution in [0.1, 0.15) is 28.4 Å². The summed E-state index contributed by atoms with van der Waals surface area (Å²) in [6, 6.07) is 12.7. The highest BCUT2D eigenvalue weighted by Gasteiger charge is 2.07. The molecule has 0 bridgehead atoms. The van der Waals surface area contributed by atoms with Gasteiger partial charge in [0.1, 0.15) is 11.5 Å². The van der Waals surface area contributed by atoms with Crippen molar-refractivity contribution in [3.63, 3.8) is 0 Å². The number of rotatable bonds is 4. The van der Waals surface area contributed by atoms with Gasteiger partial charge in [-0.15, -0.1) is 0 Å². The average molecular weight is 256 g/mol. The SMILES string of the molecule is CCc1ccc(Oc2ccc(C(=O)O)cc2C)cc1. The molecular weight excluding hydrogens is 240 g/mol. The van der Waals surface area contributed by atoms with Gasteiger partial charge >= 0.3 is 5.97 Å². The molecule has 0 saturated heterocycles.